The molecule has 0 radical (unpaired) electrons. The SMILES string of the molecule is CSc1cccc(CN[C@H]2C[C@H]3C(=O)N[C@@H](CO)C(=O)N3C2)c1. The van der Waals surface area contributed by atoms with Crippen LogP contribution in [0.3, 0.4) is 0 Å². The number of hydrogen-bond donors (Lipinski definition) is 3. The van der Waals surface area contributed by atoms with Crippen LogP contribution in [0.1, 0.15) is 12.0 Å². The molecule has 0 spiro atoms. The molecular weight excluding hydrogens is 314 g/mol. The molecule has 124 valence electrons. The quantitative estimate of drug-likeness (QED) is 0.658. The number of fused-ring (bicyclic) bond motifs is 1. The van der Waals surface area contributed by atoms with Gasteiger partial charge in [0.05, 0.1) is 6.61 Å². The Morgan fingerprint density at radius 2 is 2.26 bits per heavy atom. The fourth-order valence-corrected chi connectivity index (χ4v) is 3.66. The zero-order valence-corrected chi connectivity index (χ0v) is 13.8. The van der Waals surface area contributed by atoms with Gasteiger partial charge in [-0.05, 0) is 30.4 Å². The molecule has 0 saturated carbocycles. The summed E-state index contributed by atoms with van der Waals surface area (Å²) in [6.07, 6.45) is 2.65. The van der Waals surface area contributed by atoms with Crippen LogP contribution in [0, 0.1) is 0 Å². The maximum atomic E-state index is 12.2. The van der Waals surface area contributed by atoms with Gasteiger partial charge in [-0.2, -0.15) is 0 Å². The van der Waals surface area contributed by atoms with Crippen LogP contribution in [0.5, 0.6) is 0 Å². The highest BCUT2D eigenvalue weighted by molar-refractivity contribution is 7.98. The minimum Gasteiger partial charge on any atom is -0.394 e. The van der Waals surface area contributed by atoms with Crippen LogP contribution in [-0.2, 0) is 16.1 Å². The second-order valence-corrected chi connectivity index (χ2v) is 6.79. The Labute approximate surface area is 139 Å². The number of carbonyl (C=O) groups excluding carboxylic acids is 2. The number of benzene rings is 1. The van der Waals surface area contributed by atoms with E-state index < -0.39 is 12.1 Å². The molecule has 6 nitrogen and oxygen atoms in total. The Morgan fingerprint density at radius 3 is 3.00 bits per heavy atom. The third-order valence-corrected chi connectivity index (χ3v) is 5.14. The molecular formula is C16H21N3O3S. The fraction of sp³-hybridized carbons (Fsp3) is 0.500. The van der Waals surface area contributed by atoms with Crippen molar-refractivity contribution in [3.63, 3.8) is 0 Å². The molecule has 2 saturated heterocycles. The van der Waals surface area contributed by atoms with E-state index in [4.69, 9.17) is 0 Å². The summed E-state index contributed by atoms with van der Waals surface area (Å²) in [4.78, 5) is 27.1. The predicted octanol–water partition coefficient (Wildman–Crippen LogP) is -0.0417. The zero-order valence-electron chi connectivity index (χ0n) is 13.0. The summed E-state index contributed by atoms with van der Waals surface area (Å²) in [7, 11) is 0. The lowest BCUT2D eigenvalue weighted by Gasteiger charge is -2.33. The van der Waals surface area contributed by atoms with Gasteiger partial charge in [0.2, 0.25) is 11.8 Å². The molecule has 2 heterocycles. The van der Waals surface area contributed by atoms with Gasteiger partial charge in [-0.15, -0.1) is 11.8 Å². The highest BCUT2D eigenvalue weighted by atomic mass is 32.2. The summed E-state index contributed by atoms with van der Waals surface area (Å²) >= 11 is 1.70. The third-order valence-electron chi connectivity index (χ3n) is 4.41. The van der Waals surface area contributed by atoms with Gasteiger partial charge in [-0.25, -0.2) is 0 Å². The van der Waals surface area contributed by atoms with Crippen molar-refractivity contribution in [1.29, 1.82) is 0 Å². The van der Waals surface area contributed by atoms with Gasteiger partial charge in [0, 0.05) is 24.0 Å². The molecule has 2 amide bonds. The number of aliphatic hydroxyl groups is 1. The highest BCUT2D eigenvalue weighted by Crippen LogP contribution is 2.23. The van der Waals surface area contributed by atoms with Crippen molar-refractivity contribution in [2.75, 3.05) is 19.4 Å². The monoisotopic (exact) mass is 335 g/mol. The molecule has 0 aromatic heterocycles. The van der Waals surface area contributed by atoms with Gasteiger partial charge >= 0.3 is 0 Å². The molecule has 3 rings (SSSR count). The lowest BCUT2D eigenvalue weighted by Crippen LogP contribution is -2.62. The zero-order chi connectivity index (χ0) is 16.4. The smallest absolute Gasteiger partial charge is 0.248 e. The number of carbonyl (C=O) groups is 2. The maximum absolute atomic E-state index is 12.2. The van der Waals surface area contributed by atoms with E-state index in [1.54, 1.807) is 16.7 Å². The Hall–Kier alpha value is -1.57. The van der Waals surface area contributed by atoms with E-state index in [2.05, 4.69) is 28.8 Å². The Kier molecular flexibility index (Phi) is 4.89. The number of thioether (sulfide) groups is 1. The van der Waals surface area contributed by atoms with E-state index in [-0.39, 0.29) is 24.5 Å². The van der Waals surface area contributed by atoms with Crippen LogP contribution in [0.15, 0.2) is 29.2 Å². The van der Waals surface area contributed by atoms with E-state index in [0.29, 0.717) is 19.5 Å². The Morgan fingerprint density at radius 1 is 1.43 bits per heavy atom. The topological polar surface area (TPSA) is 81.7 Å². The van der Waals surface area contributed by atoms with Gasteiger partial charge in [0.25, 0.3) is 0 Å². The number of aliphatic hydroxyl groups excluding tert-OH is 1. The molecule has 2 fully saturated rings. The summed E-state index contributed by atoms with van der Waals surface area (Å²) in [5, 5.41) is 15.2. The molecule has 0 unspecified atom stereocenters. The summed E-state index contributed by atoms with van der Waals surface area (Å²) in [6, 6.07) is 7.18. The summed E-state index contributed by atoms with van der Waals surface area (Å²) < 4.78 is 0. The second-order valence-electron chi connectivity index (χ2n) is 5.92. The number of hydrogen-bond acceptors (Lipinski definition) is 5. The van der Waals surface area contributed by atoms with Crippen LogP contribution in [0.4, 0.5) is 0 Å². The van der Waals surface area contributed by atoms with Crippen molar-refractivity contribution in [2.45, 2.75) is 36.0 Å². The normalized spacial score (nSPS) is 27.0. The number of nitrogens with zero attached hydrogens (tertiary/aromatic N) is 1. The van der Waals surface area contributed by atoms with Crippen LogP contribution < -0.4 is 10.6 Å². The first-order valence-electron chi connectivity index (χ1n) is 7.70. The van der Waals surface area contributed by atoms with Gasteiger partial charge in [-0.3, -0.25) is 9.59 Å². The minimum absolute atomic E-state index is 0.0880. The molecule has 2 aliphatic rings. The van der Waals surface area contributed by atoms with Crippen molar-refractivity contribution in [3.05, 3.63) is 29.8 Å². The Bertz CT molecular complexity index is 610. The number of rotatable bonds is 5. The molecule has 0 bridgehead atoms. The first kappa shape index (κ1) is 16.3. The third kappa shape index (κ3) is 3.36. The van der Waals surface area contributed by atoms with Crippen LogP contribution in [-0.4, -0.2) is 59.4 Å². The molecule has 0 aliphatic carbocycles. The molecule has 3 atom stereocenters. The average Bonchev–Trinajstić information content (AvgIpc) is 3.01. The average molecular weight is 335 g/mol. The number of nitrogens with one attached hydrogen (secondary N) is 2. The van der Waals surface area contributed by atoms with E-state index in [1.165, 1.54) is 10.5 Å². The van der Waals surface area contributed by atoms with E-state index in [9.17, 15) is 14.7 Å². The predicted molar refractivity (Wildman–Crippen MR) is 88.0 cm³/mol. The summed E-state index contributed by atoms with van der Waals surface area (Å²) in [6.45, 7) is 0.863. The van der Waals surface area contributed by atoms with Crippen LogP contribution >= 0.6 is 11.8 Å². The van der Waals surface area contributed by atoms with Crippen molar-refractivity contribution in [1.82, 2.24) is 15.5 Å². The fourth-order valence-electron chi connectivity index (χ4n) is 3.17. The first-order chi connectivity index (χ1) is 11.1. The summed E-state index contributed by atoms with van der Waals surface area (Å²) in [5.41, 5.74) is 1.19. The standard InChI is InChI=1S/C16H21N3O3S/c1-23-12-4-2-3-10(5-12)7-17-11-6-14-15(21)18-13(9-20)16(22)19(14)8-11/h2-5,11,13-14,17,20H,6-9H2,1H3,(H,18,21)/t11-,13-,14-/m0/s1. The van der Waals surface area contributed by atoms with Crippen LogP contribution in [0.25, 0.3) is 0 Å². The lowest BCUT2D eigenvalue weighted by atomic mass is 10.1. The molecule has 23 heavy (non-hydrogen) atoms. The summed E-state index contributed by atoms with van der Waals surface area (Å²) in [5.74, 6) is -0.358. The molecule has 2 aliphatic heterocycles. The number of piperazine rings is 1. The second kappa shape index (κ2) is 6.90. The highest BCUT2D eigenvalue weighted by Gasteiger charge is 2.45. The van der Waals surface area contributed by atoms with E-state index in [0.717, 1.165) is 0 Å². The van der Waals surface area contributed by atoms with Crippen molar-refractivity contribution in [2.24, 2.45) is 0 Å². The lowest BCUT2D eigenvalue weighted by molar-refractivity contribution is -0.148. The van der Waals surface area contributed by atoms with Crippen molar-refractivity contribution < 1.29 is 14.7 Å². The molecule has 1 aromatic carbocycles. The number of amides is 2. The maximum Gasteiger partial charge on any atom is 0.248 e. The minimum atomic E-state index is -0.796. The molecule has 1 aromatic rings. The van der Waals surface area contributed by atoms with Crippen molar-refractivity contribution >= 4 is 23.6 Å². The van der Waals surface area contributed by atoms with Crippen LogP contribution in [0.2, 0.25) is 0 Å². The van der Waals surface area contributed by atoms with Gasteiger partial charge in [0.1, 0.15) is 12.1 Å². The van der Waals surface area contributed by atoms with Crippen molar-refractivity contribution in [3.8, 4) is 0 Å². The van der Waals surface area contributed by atoms with E-state index >= 15 is 0 Å². The molecule has 3 N–H and O–H groups in total. The van der Waals surface area contributed by atoms with Gasteiger partial charge in [0.15, 0.2) is 0 Å². The van der Waals surface area contributed by atoms with Gasteiger partial charge in [-0.1, -0.05) is 12.1 Å². The van der Waals surface area contributed by atoms with E-state index in [1.807, 2.05) is 12.3 Å². The largest absolute Gasteiger partial charge is 0.394 e. The Balaban J connectivity index is 1.61. The van der Waals surface area contributed by atoms with Gasteiger partial charge < -0.3 is 20.6 Å². The first-order valence-corrected chi connectivity index (χ1v) is 8.93. The molecule has 7 heteroatoms.